The van der Waals surface area contributed by atoms with Crippen molar-refractivity contribution in [2.45, 2.75) is 40.3 Å². The van der Waals surface area contributed by atoms with Gasteiger partial charge in [-0.1, -0.05) is 40.5 Å². The molecule has 0 N–H and O–H groups in total. The van der Waals surface area contributed by atoms with Crippen molar-refractivity contribution in [2.24, 2.45) is 0 Å². The van der Waals surface area contributed by atoms with E-state index in [1.807, 2.05) is 48.2 Å². The summed E-state index contributed by atoms with van der Waals surface area (Å²) in [5.41, 5.74) is 3.70. The Kier molecular flexibility index (Phi) is 6.22. The summed E-state index contributed by atoms with van der Waals surface area (Å²) in [6.07, 6.45) is 0.886. The van der Waals surface area contributed by atoms with Crippen LogP contribution in [0.1, 0.15) is 42.0 Å². The minimum Gasteiger partial charge on any atom is -0.331 e. The van der Waals surface area contributed by atoms with Crippen molar-refractivity contribution in [3.63, 3.8) is 0 Å². The van der Waals surface area contributed by atoms with Gasteiger partial charge in [-0.05, 0) is 56.2 Å². The van der Waals surface area contributed by atoms with Gasteiger partial charge in [-0.25, -0.2) is 4.98 Å². The van der Waals surface area contributed by atoms with Gasteiger partial charge >= 0.3 is 0 Å². The van der Waals surface area contributed by atoms with E-state index in [9.17, 15) is 4.79 Å². The van der Waals surface area contributed by atoms with Gasteiger partial charge in [0.2, 0.25) is 0 Å². The van der Waals surface area contributed by atoms with E-state index in [1.54, 1.807) is 0 Å². The number of benzene rings is 2. The molecule has 27 heavy (non-hydrogen) atoms. The molecule has 0 atom stereocenters. The summed E-state index contributed by atoms with van der Waals surface area (Å²) in [5, 5.41) is 0.689. The SMILES string of the molecule is CCCN(Cc1nc2ccc(Cl)cc2n1CC)C(=O)c1ccc(C)c(Br)c1. The summed E-state index contributed by atoms with van der Waals surface area (Å²) < 4.78 is 3.07. The number of halogens is 2. The lowest BCUT2D eigenvalue weighted by molar-refractivity contribution is 0.0737. The van der Waals surface area contributed by atoms with Crippen molar-refractivity contribution in [3.8, 4) is 0 Å². The van der Waals surface area contributed by atoms with Crippen LogP contribution in [0.2, 0.25) is 5.02 Å². The second-order valence-corrected chi connectivity index (χ2v) is 7.89. The molecule has 3 aromatic rings. The standard InChI is InChI=1S/C21H23BrClN3O/c1-4-10-25(21(27)15-7-6-14(3)17(22)11-15)13-20-24-18-9-8-16(23)12-19(18)26(20)5-2/h6-9,11-12H,4-5,10,13H2,1-3H3. The third kappa shape index (κ3) is 4.19. The number of fused-ring (bicyclic) bond motifs is 1. The summed E-state index contributed by atoms with van der Waals surface area (Å²) in [6, 6.07) is 11.4. The number of aromatic nitrogens is 2. The predicted octanol–water partition coefficient (Wildman–Crippen LogP) is 5.83. The predicted molar refractivity (Wildman–Crippen MR) is 114 cm³/mol. The molecule has 4 nitrogen and oxygen atoms in total. The van der Waals surface area contributed by atoms with Gasteiger partial charge in [0.1, 0.15) is 5.82 Å². The first-order valence-electron chi connectivity index (χ1n) is 9.14. The van der Waals surface area contributed by atoms with E-state index in [4.69, 9.17) is 16.6 Å². The number of amides is 1. The average molecular weight is 449 g/mol. The fraction of sp³-hybridized carbons (Fsp3) is 0.333. The molecule has 0 unspecified atom stereocenters. The average Bonchev–Trinajstić information content (AvgIpc) is 2.99. The van der Waals surface area contributed by atoms with Gasteiger partial charge < -0.3 is 9.47 Å². The molecule has 0 saturated heterocycles. The molecule has 0 saturated carbocycles. The minimum atomic E-state index is 0.0188. The van der Waals surface area contributed by atoms with Crippen molar-refractivity contribution in [2.75, 3.05) is 6.54 Å². The largest absolute Gasteiger partial charge is 0.331 e. The van der Waals surface area contributed by atoms with E-state index in [1.165, 1.54) is 0 Å². The third-order valence-electron chi connectivity index (χ3n) is 4.64. The number of carbonyl (C=O) groups excluding carboxylic acids is 1. The smallest absolute Gasteiger partial charge is 0.254 e. The van der Waals surface area contributed by atoms with Gasteiger partial charge in [-0.15, -0.1) is 0 Å². The van der Waals surface area contributed by atoms with Crippen LogP contribution in [0.25, 0.3) is 11.0 Å². The Labute approximate surface area is 173 Å². The quantitative estimate of drug-likeness (QED) is 0.475. The van der Waals surface area contributed by atoms with Crippen LogP contribution in [0.5, 0.6) is 0 Å². The Hall–Kier alpha value is -1.85. The van der Waals surface area contributed by atoms with Crippen molar-refractivity contribution in [1.29, 1.82) is 0 Å². The molecule has 0 fully saturated rings. The normalized spacial score (nSPS) is 11.1. The highest BCUT2D eigenvalue weighted by molar-refractivity contribution is 9.10. The van der Waals surface area contributed by atoms with Crippen LogP contribution in [0.4, 0.5) is 0 Å². The molecule has 0 aliphatic rings. The number of aryl methyl sites for hydroxylation is 2. The maximum absolute atomic E-state index is 13.1. The second kappa shape index (κ2) is 8.44. The van der Waals surface area contributed by atoms with Gasteiger partial charge in [0.15, 0.2) is 0 Å². The molecule has 1 amide bonds. The number of nitrogens with zero attached hydrogens (tertiary/aromatic N) is 3. The number of hydrogen-bond acceptors (Lipinski definition) is 2. The van der Waals surface area contributed by atoms with Crippen LogP contribution < -0.4 is 0 Å². The first-order chi connectivity index (χ1) is 12.9. The van der Waals surface area contributed by atoms with E-state index in [2.05, 4.69) is 34.3 Å². The molecule has 0 spiro atoms. The van der Waals surface area contributed by atoms with E-state index >= 15 is 0 Å². The van der Waals surface area contributed by atoms with Gasteiger partial charge in [-0.2, -0.15) is 0 Å². The Morgan fingerprint density at radius 2 is 2.00 bits per heavy atom. The maximum atomic E-state index is 13.1. The molecule has 0 radical (unpaired) electrons. The number of rotatable bonds is 6. The van der Waals surface area contributed by atoms with Crippen LogP contribution >= 0.6 is 27.5 Å². The van der Waals surface area contributed by atoms with Crippen LogP contribution in [0.15, 0.2) is 40.9 Å². The van der Waals surface area contributed by atoms with Gasteiger partial charge in [0.05, 0.1) is 17.6 Å². The van der Waals surface area contributed by atoms with Gasteiger partial charge in [-0.3, -0.25) is 4.79 Å². The molecule has 0 aliphatic carbocycles. The van der Waals surface area contributed by atoms with Crippen molar-refractivity contribution in [1.82, 2.24) is 14.5 Å². The van der Waals surface area contributed by atoms with E-state index in [0.717, 1.165) is 39.9 Å². The molecule has 0 aliphatic heterocycles. The zero-order valence-electron chi connectivity index (χ0n) is 15.8. The lowest BCUT2D eigenvalue weighted by atomic mass is 10.1. The molecule has 1 heterocycles. The number of carbonyl (C=O) groups is 1. The zero-order valence-corrected chi connectivity index (χ0v) is 18.1. The summed E-state index contributed by atoms with van der Waals surface area (Å²) in [4.78, 5) is 19.7. The van der Waals surface area contributed by atoms with Crippen molar-refractivity contribution in [3.05, 3.63) is 62.8 Å². The Morgan fingerprint density at radius 1 is 1.22 bits per heavy atom. The fourth-order valence-corrected chi connectivity index (χ4v) is 3.77. The Balaban J connectivity index is 1.95. The molecule has 2 aromatic carbocycles. The number of hydrogen-bond donors (Lipinski definition) is 0. The highest BCUT2D eigenvalue weighted by Crippen LogP contribution is 2.23. The van der Waals surface area contributed by atoms with Crippen molar-refractivity contribution < 1.29 is 4.79 Å². The monoisotopic (exact) mass is 447 g/mol. The van der Waals surface area contributed by atoms with Crippen LogP contribution in [-0.4, -0.2) is 26.9 Å². The summed E-state index contributed by atoms with van der Waals surface area (Å²) in [7, 11) is 0. The van der Waals surface area contributed by atoms with Crippen LogP contribution in [0.3, 0.4) is 0 Å². The highest BCUT2D eigenvalue weighted by Gasteiger charge is 2.20. The van der Waals surface area contributed by atoms with Crippen LogP contribution in [-0.2, 0) is 13.1 Å². The Morgan fingerprint density at radius 3 is 2.67 bits per heavy atom. The molecule has 6 heteroatoms. The molecule has 142 valence electrons. The second-order valence-electron chi connectivity index (χ2n) is 6.60. The number of imidazole rings is 1. The molecular weight excluding hydrogens is 426 g/mol. The Bertz CT molecular complexity index is 983. The first kappa shape index (κ1) is 19.9. The minimum absolute atomic E-state index is 0.0188. The molecule has 1 aromatic heterocycles. The molecule has 3 rings (SSSR count). The topological polar surface area (TPSA) is 38.1 Å². The zero-order chi connectivity index (χ0) is 19.6. The maximum Gasteiger partial charge on any atom is 0.254 e. The van der Waals surface area contributed by atoms with Gasteiger partial charge in [0.25, 0.3) is 5.91 Å². The summed E-state index contributed by atoms with van der Waals surface area (Å²) in [5.74, 6) is 0.896. The lowest BCUT2D eigenvalue weighted by Gasteiger charge is -2.22. The van der Waals surface area contributed by atoms with E-state index < -0.39 is 0 Å². The van der Waals surface area contributed by atoms with Crippen LogP contribution in [0, 0.1) is 6.92 Å². The molecular formula is C21H23BrClN3O. The first-order valence-corrected chi connectivity index (χ1v) is 10.3. The fourth-order valence-electron chi connectivity index (χ4n) is 3.22. The highest BCUT2D eigenvalue weighted by atomic mass is 79.9. The summed E-state index contributed by atoms with van der Waals surface area (Å²) in [6.45, 7) is 8.09. The van der Waals surface area contributed by atoms with E-state index in [0.29, 0.717) is 23.7 Å². The lowest BCUT2D eigenvalue weighted by Crippen LogP contribution is -2.32. The summed E-state index contributed by atoms with van der Waals surface area (Å²) >= 11 is 9.68. The van der Waals surface area contributed by atoms with E-state index in [-0.39, 0.29) is 5.91 Å². The third-order valence-corrected chi connectivity index (χ3v) is 5.73. The molecule has 0 bridgehead atoms. The van der Waals surface area contributed by atoms with Crippen molar-refractivity contribution >= 4 is 44.5 Å². The van der Waals surface area contributed by atoms with Gasteiger partial charge in [0, 0.05) is 28.1 Å².